The zero-order chi connectivity index (χ0) is 16.1. The van der Waals surface area contributed by atoms with Crippen LogP contribution in [0.3, 0.4) is 0 Å². The van der Waals surface area contributed by atoms with Crippen LogP contribution < -0.4 is 10.6 Å². The lowest BCUT2D eigenvalue weighted by Gasteiger charge is -2.15. The fourth-order valence-corrected chi connectivity index (χ4v) is 2.63. The van der Waals surface area contributed by atoms with Gasteiger partial charge in [-0.15, -0.1) is 0 Å². The number of aromatic amines is 1. The minimum Gasteiger partial charge on any atom is -0.395 e. The maximum atomic E-state index is 11.5. The Morgan fingerprint density at radius 3 is 3.00 bits per heavy atom. The van der Waals surface area contributed by atoms with Gasteiger partial charge in [0.25, 0.3) is 0 Å². The summed E-state index contributed by atoms with van der Waals surface area (Å²) in [5.41, 5.74) is 1.28. The molecule has 0 atom stereocenters. The monoisotopic (exact) mass is 319 g/mol. The van der Waals surface area contributed by atoms with E-state index < -0.39 is 0 Å². The molecular formula is C14H21N7O2. The highest BCUT2D eigenvalue weighted by molar-refractivity contribution is 5.83. The van der Waals surface area contributed by atoms with Crippen LogP contribution in [-0.4, -0.2) is 68.6 Å². The molecule has 9 nitrogen and oxygen atoms in total. The summed E-state index contributed by atoms with van der Waals surface area (Å²) in [6, 6.07) is 0. The number of nitrogens with one attached hydrogen (secondary N) is 3. The maximum absolute atomic E-state index is 11.5. The summed E-state index contributed by atoms with van der Waals surface area (Å²) in [6.07, 6.45) is 4.04. The Kier molecular flexibility index (Phi) is 4.86. The number of aliphatic hydroxyl groups excluding tert-OH is 1. The summed E-state index contributed by atoms with van der Waals surface area (Å²) in [5.74, 6) is 1.34. The summed E-state index contributed by atoms with van der Waals surface area (Å²) >= 11 is 0. The van der Waals surface area contributed by atoms with E-state index in [4.69, 9.17) is 5.11 Å². The molecule has 4 N–H and O–H groups in total. The molecule has 1 aliphatic rings. The van der Waals surface area contributed by atoms with E-state index in [1.165, 1.54) is 0 Å². The molecule has 9 heteroatoms. The molecule has 2 aromatic rings. The van der Waals surface area contributed by atoms with Gasteiger partial charge in [-0.3, -0.25) is 4.79 Å². The first-order valence-corrected chi connectivity index (χ1v) is 7.85. The summed E-state index contributed by atoms with van der Waals surface area (Å²) in [5, 5.41) is 15.1. The number of rotatable bonds is 8. The quantitative estimate of drug-likeness (QED) is 0.512. The Morgan fingerprint density at radius 2 is 2.22 bits per heavy atom. The second-order valence-corrected chi connectivity index (χ2v) is 5.41. The van der Waals surface area contributed by atoms with E-state index >= 15 is 0 Å². The normalized spacial score (nSPS) is 14.7. The SMILES string of the molecule is O=C1CCCN1CCCNc1nc(NCCO)c2[nH]cnc2n1. The molecule has 124 valence electrons. The van der Waals surface area contributed by atoms with Gasteiger partial charge in [-0.1, -0.05) is 0 Å². The van der Waals surface area contributed by atoms with Gasteiger partial charge in [0, 0.05) is 32.6 Å². The van der Waals surface area contributed by atoms with Crippen molar-refractivity contribution in [2.24, 2.45) is 0 Å². The van der Waals surface area contributed by atoms with Gasteiger partial charge in [-0.2, -0.15) is 9.97 Å². The molecule has 2 aromatic heterocycles. The summed E-state index contributed by atoms with van der Waals surface area (Å²) in [6.45, 7) is 2.73. The van der Waals surface area contributed by atoms with E-state index in [2.05, 4.69) is 30.6 Å². The van der Waals surface area contributed by atoms with E-state index in [9.17, 15) is 4.79 Å². The third-order valence-corrected chi connectivity index (χ3v) is 3.75. The average molecular weight is 319 g/mol. The molecule has 3 heterocycles. The van der Waals surface area contributed by atoms with Gasteiger partial charge in [0.2, 0.25) is 11.9 Å². The van der Waals surface area contributed by atoms with Crippen LogP contribution in [0.15, 0.2) is 6.33 Å². The fourth-order valence-electron chi connectivity index (χ4n) is 2.63. The predicted molar refractivity (Wildman–Crippen MR) is 86.2 cm³/mol. The third-order valence-electron chi connectivity index (χ3n) is 3.75. The standard InChI is InChI=1S/C14H21N7O2/c22-8-5-15-12-11-13(18-9-17-11)20-14(19-12)16-4-2-7-21-6-1-3-10(21)23/h9,22H,1-8H2,(H3,15,16,17,18,19,20). The van der Waals surface area contributed by atoms with Crippen molar-refractivity contribution in [3.63, 3.8) is 0 Å². The molecule has 0 aliphatic carbocycles. The van der Waals surface area contributed by atoms with Gasteiger partial charge < -0.3 is 25.6 Å². The van der Waals surface area contributed by atoms with Crippen LogP contribution in [0.4, 0.5) is 11.8 Å². The number of carbonyl (C=O) groups is 1. The zero-order valence-electron chi connectivity index (χ0n) is 12.9. The van der Waals surface area contributed by atoms with Gasteiger partial charge in [0.1, 0.15) is 5.52 Å². The van der Waals surface area contributed by atoms with Crippen LogP contribution in [0, 0.1) is 0 Å². The number of hydrogen-bond acceptors (Lipinski definition) is 7. The Hall–Kier alpha value is -2.42. The topological polar surface area (TPSA) is 119 Å². The van der Waals surface area contributed by atoms with E-state index in [0.717, 1.165) is 25.9 Å². The summed E-state index contributed by atoms with van der Waals surface area (Å²) in [7, 11) is 0. The van der Waals surface area contributed by atoms with Crippen molar-refractivity contribution in [1.82, 2.24) is 24.8 Å². The number of hydrogen-bond donors (Lipinski definition) is 4. The number of H-pyrrole nitrogens is 1. The molecule has 0 spiro atoms. The highest BCUT2D eigenvalue weighted by Crippen LogP contribution is 2.18. The largest absolute Gasteiger partial charge is 0.395 e. The van der Waals surface area contributed by atoms with Gasteiger partial charge in [0.15, 0.2) is 11.5 Å². The van der Waals surface area contributed by atoms with Crippen molar-refractivity contribution in [2.75, 3.05) is 43.4 Å². The molecule has 3 rings (SSSR count). The third kappa shape index (κ3) is 3.67. The molecule has 0 bridgehead atoms. The van der Waals surface area contributed by atoms with Gasteiger partial charge in [-0.25, -0.2) is 4.98 Å². The Labute approximate surface area is 133 Å². The van der Waals surface area contributed by atoms with Gasteiger partial charge >= 0.3 is 0 Å². The molecule has 0 radical (unpaired) electrons. The molecule has 1 aliphatic heterocycles. The van der Waals surface area contributed by atoms with Crippen LogP contribution >= 0.6 is 0 Å². The van der Waals surface area contributed by atoms with E-state index in [1.54, 1.807) is 6.33 Å². The number of aromatic nitrogens is 4. The number of nitrogens with zero attached hydrogens (tertiary/aromatic N) is 4. The first kappa shape index (κ1) is 15.5. The molecular weight excluding hydrogens is 298 g/mol. The molecule has 23 heavy (non-hydrogen) atoms. The van der Waals surface area contributed by atoms with Crippen LogP contribution in [0.1, 0.15) is 19.3 Å². The first-order chi connectivity index (χ1) is 11.3. The van der Waals surface area contributed by atoms with Gasteiger partial charge in [-0.05, 0) is 12.8 Å². The van der Waals surface area contributed by atoms with E-state index in [-0.39, 0.29) is 12.5 Å². The van der Waals surface area contributed by atoms with Crippen LogP contribution in [0.2, 0.25) is 0 Å². The van der Waals surface area contributed by atoms with Crippen molar-refractivity contribution in [2.45, 2.75) is 19.3 Å². The fraction of sp³-hybridized carbons (Fsp3) is 0.571. The summed E-state index contributed by atoms with van der Waals surface area (Å²) < 4.78 is 0. The van der Waals surface area contributed by atoms with Crippen LogP contribution in [0.5, 0.6) is 0 Å². The van der Waals surface area contributed by atoms with E-state index in [0.29, 0.717) is 42.4 Å². The minimum atomic E-state index is 0.0201. The van der Waals surface area contributed by atoms with Crippen LogP contribution in [-0.2, 0) is 4.79 Å². The zero-order valence-corrected chi connectivity index (χ0v) is 12.9. The lowest BCUT2D eigenvalue weighted by Crippen LogP contribution is -2.27. The lowest BCUT2D eigenvalue weighted by atomic mass is 10.4. The summed E-state index contributed by atoms with van der Waals surface area (Å²) in [4.78, 5) is 29.3. The highest BCUT2D eigenvalue weighted by Gasteiger charge is 2.19. The van der Waals surface area contributed by atoms with Crippen molar-refractivity contribution in [1.29, 1.82) is 0 Å². The number of amides is 1. The number of carbonyl (C=O) groups excluding carboxylic acids is 1. The minimum absolute atomic E-state index is 0.0201. The molecule has 1 saturated heterocycles. The number of imidazole rings is 1. The number of likely N-dealkylation sites (tertiary alicyclic amines) is 1. The molecule has 1 amide bonds. The Bertz CT molecular complexity index is 672. The second kappa shape index (κ2) is 7.23. The van der Waals surface area contributed by atoms with Crippen molar-refractivity contribution in [3.05, 3.63) is 6.33 Å². The van der Waals surface area contributed by atoms with Crippen molar-refractivity contribution < 1.29 is 9.90 Å². The number of aliphatic hydroxyl groups is 1. The molecule has 0 unspecified atom stereocenters. The highest BCUT2D eigenvalue weighted by atomic mass is 16.3. The Morgan fingerprint density at radius 1 is 1.30 bits per heavy atom. The van der Waals surface area contributed by atoms with Crippen molar-refractivity contribution >= 4 is 28.8 Å². The second-order valence-electron chi connectivity index (χ2n) is 5.41. The Balaban J connectivity index is 1.57. The number of anilines is 2. The first-order valence-electron chi connectivity index (χ1n) is 7.85. The van der Waals surface area contributed by atoms with Gasteiger partial charge in [0.05, 0.1) is 12.9 Å². The maximum Gasteiger partial charge on any atom is 0.226 e. The molecule has 0 saturated carbocycles. The predicted octanol–water partition coefficient (Wildman–Crippen LogP) is 0.181. The molecule has 1 fully saturated rings. The van der Waals surface area contributed by atoms with Crippen LogP contribution in [0.25, 0.3) is 11.2 Å². The molecule has 0 aromatic carbocycles. The van der Waals surface area contributed by atoms with E-state index in [1.807, 2.05) is 4.90 Å². The van der Waals surface area contributed by atoms with Crippen molar-refractivity contribution in [3.8, 4) is 0 Å². The lowest BCUT2D eigenvalue weighted by molar-refractivity contribution is -0.127. The smallest absolute Gasteiger partial charge is 0.226 e. The number of fused-ring (bicyclic) bond motifs is 1. The average Bonchev–Trinajstić information content (AvgIpc) is 3.18.